The molecular weight excluding hydrogens is 258 g/mol. The second kappa shape index (κ2) is 7.65. The first-order chi connectivity index (χ1) is 9.42. The van der Waals surface area contributed by atoms with Crippen LogP contribution in [0.4, 0.5) is 0 Å². The van der Waals surface area contributed by atoms with E-state index in [1.165, 1.54) is 13.8 Å². The van der Waals surface area contributed by atoms with Crippen LogP contribution in [0, 0.1) is 0 Å². The van der Waals surface area contributed by atoms with Gasteiger partial charge in [0, 0.05) is 13.0 Å². The third kappa shape index (κ3) is 5.84. The minimum Gasteiger partial charge on any atom is -0.480 e. The summed E-state index contributed by atoms with van der Waals surface area (Å²) in [6, 6.07) is 9.78. The summed E-state index contributed by atoms with van der Waals surface area (Å²) in [4.78, 5) is 22.4. The summed E-state index contributed by atoms with van der Waals surface area (Å²) in [5.74, 6) is -1.33. The van der Waals surface area contributed by atoms with Crippen LogP contribution >= 0.6 is 0 Å². The number of ether oxygens (including phenoxy) is 1. The van der Waals surface area contributed by atoms with Gasteiger partial charge in [0.25, 0.3) is 0 Å². The summed E-state index contributed by atoms with van der Waals surface area (Å²) in [5, 5.41) is 11.4. The quantitative estimate of drug-likeness (QED) is 0.713. The van der Waals surface area contributed by atoms with Gasteiger partial charge in [0.05, 0.1) is 6.61 Å². The molecule has 0 aliphatic heterocycles. The zero-order valence-electron chi connectivity index (χ0n) is 11.9. The van der Waals surface area contributed by atoms with E-state index in [1.807, 2.05) is 30.3 Å². The molecule has 0 aliphatic rings. The van der Waals surface area contributed by atoms with Crippen molar-refractivity contribution in [3.8, 4) is 0 Å². The highest BCUT2D eigenvalue weighted by molar-refractivity contribution is 5.86. The molecule has 0 radical (unpaired) electrons. The van der Waals surface area contributed by atoms with Gasteiger partial charge in [-0.2, -0.15) is 0 Å². The molecule has 0 unspecified atom stereocenters. The Morgan fingerprint density at radius 1 is 1.25 bits per heavy atom. The summed E-state index contributed by atoms with van der Waals surface area (Å²) in [7, 11) is 0. The number of carboxylic acid groups (broad SMARTS) is 1. The average molecular weight is 279 g/mol. The monoisotopic (exact) mass is 279 g/mol. The average Bonchev–Trinajstić information content (AvgIpc) is 2.38. The standard InChI is InChI=1S/C15H21NO4/c1-15(2,14(18)19)16-13(17)9-6-10-20-11-12-7-4-3-5-8-12/h3-5,7-8H,6,9-11H2,1-2H3,(H,16,17)(H,18,19). The predicted molar refractivity (Wildman–Crippen MR) is 75.2 cm³/mol. The molecule has 0 atom stereocenters. The summed E-state index contributed by atoms with van der Waals surface area (Å²) in [6.07, 6.45) is 0.819. The number of hydrogen-bond acceptors (Lipinski definition) is 3. The molecule has 110 valence electrons. The Morgan fingerprint density at radius 3 is 2.50 bits per heavy atom. The van der Waals surface area contributed by atoms with Crippen LogP contribution in [0.3, 0.4) is 0 Å². The van der Waals surface area contributed by atoms with Crippen LogP contribution in [0.25, 0.3) is 0 Å². The lowest BCUT2D eigenvalue weighted by molar-refractivity contribution is -0.146. The van der Waals surface area contributed by atoms with Crippen molar-refractivity contribution in [2.24, 2.45) is 0 Å². The first-order valence-corrected chi connectivity index (χ1v) is 6.58. The van der Waals surface area contributed by atoms with Crippen molar-refractivity contribution in [1.82, 2.24) is 5.32 Å². The molecule has 5 heteroatoms. The largest absolute Gasteiger partial charge is 0.480 e. The van der Waals surface area contributed by atoms with Gasteiger partial charge in [-0.1, -0.05) is 30.3 Å². The molecule has 0 spiro atoms. The molecule has 1 aromatic rings. The second-order valence-electron chi connectivity index (χ2n) is 5.12. The predicted octanol–water partition coefficient (Wildman–Crippen LogP) is 1.96. The number of rotatable bonds is 8. The van der Waals surface area contributed by atoms with Crippen molar-refractivity contribution >= 4 is 11.9 Å². The number of aliphatic carboxylic acids is 1. The van der Waals surface area contributed by atoms with E-state index in [2.05, 4.69) is 5.32 Å². The van der Waals surface area contributed by atoms with E-state index in [0.717, 1.165) is 5.56 Å². The Kier molecular flexibility index (Phi) is 6.18. The highest BCUT2D eigenvalue weighted by atomic mass is 16.5. The number of carboxylic acids is 1. The van der Waals surface area contributed by atoms with Crippen molar-refractivity contribution in [2.45, 2.75) is 38.8 Å². The second-order valence-corrected chi connectivity index (χ2v) is 5.12. The van der Waals surface area contributed by atoms with Crippen molar-refractivity contribution < 1.29 is 19.4 Å². The van der Waals surface area contributed by atoms with Crippen molar-refractivity contribution in [1.29, 1.82) is 0 Å². The molecule has 2 N–H and O–H groups in total. The van der Waals surface area contributed by atoms with Gasteiger partial charge in [-0.15, -0.1) is 0 Å². The normalized spacial score (nSPS) is 11.1. The molecule has 0 bridgehead atoms. The molecular formula is C15H21NO4. The lowest BCUT2D eigenvalue weighted by Crippen LogP contribution is -2.49. The van der Waals surface area contributed by atoms with Gasteiger partial charge in [0.2, 0.25) is 5.91 Å². The molecule has 0 aromatic heterocycles. The lowest BCUT2D eigenvalue weighted by atomic mass is 10.1. The first kappa shape index (κ1) is 16.2. The Hall–Kier alpha value is -1.88. The van der Waals surface area contributed by atoms with Gasteiger partial charge in [0.15, 0.2) is 0 Å². The first-order valence-electron chi connectivity index (χ1n) is 6.58. The number of amides is 1. The summed E-state index contributed by atoms with van der Waals surface area (Å²) in [6.45, 7) is 3.90. The van der Waals surface area contributed by atoms with E-state index in [0.29, 0.717) is 19.6 Å². The van der Waals surface area contributed by atoms with Crippen LogP contribution in [0.1, 0.15) is 32.3 Å². The maximum atomic E-state index is 11.6. The highest BCUT2D eigenvalue weighted by Gasteiger charge is 2.28. The van der Waals surface area contributed by atoms with Crippen LogP contribution in [-0.4, -0.2) is 29.1 Å². The molecule has 0 saturated heterocycles. The Labute approximate surface area is 118 Å². The van der Waals surface area contributed by atoms with E-state index in [1.54, 1.807) is 0 Å². The van der Waals surface area contributed by atoms with Crippen molar-refractivity contribution in [3.63, 3.8) is 0 Å². The summed E-state index contributed by atoms with van der Waals surface area (Å²) in [5.41, 5.74) is -0.147. The fourth-order valence-electron chi connectivity index (χ4n) is 1.56. The van der Waals surface area contributed by atoms with Gasteiger partial charge in [-0.25, -0.2) is 4.79 Å². The zero-order valence-corrected chi connectivity index (χ0v) is 11.9. The van der Waals surface area contributed by atoms with Crippen LogP contribution < -0.4 is 5.32 Å². The molecule has 1 aromatic carbocycles. The van der Waals surface area contributed by atoms with Gasteiger partial charge < -0.3 is 15.2 Å². The Bertz CT molecular complexity index is 442. The van der Waals surface area contributed by atoms with Crippen LogP contribution in [-0.2, 0) is 20.9 Å². The Morgan fingerprint density at radius 2 is 1.90 bits per heavy atom. The van der Waals surface area contributed by atoms with Crippen molar-refractivity contribution in [2.75, 3.05) is 6.61 Å². The van der Waals surface area contributed by atoms with E-state index in [9.17, 15) is 9.59 Å². The molecule has 20 heavy (non-hydrogen) atoms. The zero-order chi connectivity index (χ0) is 15.0. The summed E-state index contributed by atoms with van der Waals surface area (Å²) >= 11 is 0. The van der Waals surface area contributed by atoms with E-state index < -0.39 is 11.5 Å². The molecule has 1 rings (SSSR count). The smallest absolute Gasteiger partial charge is 0.328 e. The van der Waals surface area contributed by atoms with Gasteiger partial charge in [-0.3, -0.25) is 4.79 Å². The maximum absolute atomic E-state index is 11.6. The minimum atomic E-state index is -1.23. The highest BCUT2D eigenvalue weighted by Crippen LogP contribution is 2.04. The number of hydrogen-bond donors (Lipinski definition) is 2. The van der Waals surface area contributed by atoms with Gasteiger partial charge >= 0.3 is 5.97 Å². The number of nitrogens with one attached hydrogen (secondary N) is 1. The van der Waals surface area contributed by atoms with E-state index in [-0.39, 0.29) is 12.3 Å². The number of carbonyl (C=O) groups is 2. The van der Waals surface area contributed by atoms with Gasteiger partial charge in [0.1, 0.15) is 5.54 Å². The van der Waals surface area contributed by atoms with Crippen LogP contribution in [0.2, 0.25) is 0 Å². The minimum absolute atomic E-state index is 0.255. The molecule has 1 amide bonds. The fourth-order valence-corrected chi connectivity index (χ4v) is 1.56. The van der Waals surface area contributed by atoms with Gasteiger partial charge in [-0.05, 0) is 25.8 Å². The molecule has 5 nitrogen and oxygen atoms in total. The fraction of sp³-hybridized carbons (Fsp3) is 0.467. The van der Waals surface area contributed by atoms with Crippen LogP contribution in [0.15, 0.2) is 30.3 Å². The number of carbonyl (C=O) groups excluding carboxylic acids is 1. The molecule has 0 aliphatic carbocycles. The van der Waals surface area contributed by atoms with E-state index >= 15 is 0 Å². The maximum Gasteiger partial charge on any atom is 0.328 e. The SMILES string of the molecule is CC(C)(NC(=O)CCCOCc1ccccc1)C(=O)O. The van der Waals surface area contributed by atoms with E-state index in [4.69, 9.17) is 9.84 Å². The third-order valence-electron chi connectivity index (χ3n) is 2.79. The molecule has 0 fully saturated rings. The Balaban J connectivity index is 2.15. The molecule has 0 heterocycles. The van der Waals surface area contributed by atoms with Crippen molar-refractivity contribution in [3.05, 3.63) is 35.9 Å². The summed E-state index contributed by atoms with van der Waals surface area (Å²) < 4.78 is 5.45. The third-order valence-corrected chi connectivity index (χ3v) is 2.79. The lowest BCUT2D eigenvalue weighted by Gasteiger charge is -2.20. The van der Waals surface area contributed by atoms with Crippen LogP contribution in [0.5, 0.6) is 0 Å². The molecule has 0 saturated carbocycles. The number of benzene rings is 1. The topological polar surface area (TPSA) is 75.6 Å².